The fourth-order valence-corrected chi connectivity index (χ4v) is 4.14. The van der Waals surface area contributed by atoms with Gasteiger partial charge in [-0.1, -0.05) is 0 Å². The molecule has 124 valence electrons. The minimum atomic E-state index is -0.273. The second-order valence-electron chi connectivity index (χ2n) is 5.38. The van der Waals surface area contributed by atoms with E-state index in [-0.39, 0.29) is 5.91 Å². The molecule has 4 aromatic rings. The molecule has 0 radical (unpaired) electrons. The summed E-state index contributed by atoms with van der Waals surface area (Å²) in [5.41, 5.74) is 9.14. The number of nitrogens with one attached hydrogen (secondary N) is 1. The summed E-state index contributed by atoms with van der Waals surface area (Å²) in [5.74, 6) is -0.273. The van der Waals surface area contributed by atoms with Crippen molar-refractivity contribution in [2.45, 2.75) is 6.92 Å². The number of amides is 1. The lowest BCUT2D eigenvalue weighted by Gasteiger charge is -2.00. The Kier molecular flexibility index (Phi) is 3.90. The fraction of sp³-hybridized carbons (Fsp3) is 0.0588. The molecular formula is C17H13N5OS2. The molecule has 0 bridgehead atoms. The SMILES string of the molecule is Cc1ccc2c(N)c(C(=O)Nc3nc(-c4cccnc4)cs3)sc2n1. The van der Waals surface area contributed by atoms with Crippen LogP contribution in [0.2, 0.25) is 0 Å². The highest BCUT2D eigenvalue weighted by Gasteiger charge is 2.18. The number of aromatic nitrogens is 3. The molecule has 0 aliphatic rings. The molecule has 1 amide bonds. The molecule has 0 atom stereocenters. The lowest BCUT2D eigenvalue weighted by atomic mass is 10.2. The highest BCUT2D eigenvalue weighted by Crippen LogP contribution is 2.33. The van der Waals surface area contributed by atoms with Crippen molar-refractivity contribution >= 4 is 49.6 Å². The zero-order valence-corrected chi connectivity index (χ0v) is 14.8. The van der Waals surface area contributed by atoms with Crippen LogP contribution < -0.4 is 11.1 Å². The number of thiazole rings is 1. The first-order valence-corrected chi connectivity index (χ1v) is 9.14. The smallest absolute Gasteiger partial charge is 0.269 e. The minimum Gasteiger partial charge on any atom is -0.397 e. The molecule has 4 rings (SSSR count). The number of fused-ring (bicyclic) bond motifs is 1. The number of pyridine rings is 2. The summed E-state index contributed by atoms with van der Waals surface area (Å²) in [6.45, 7) is 1.91. The topological polar surface area (TPSA) is 93.8 Å². The predicted molar refractivity (Wildman–Crippen MR) is 102 cm³/mol. The van der Waals surface area contributed by atoms with E-state index < -0.39 is 0 Å². The first-order valence-electron chi connectivity index (χ1n) is 7.45. The Morgan fingerprint density at radius 3 is 2.92 bits per heavy atom. The Balaban J connectivity index is 1.60. The van der Waals surface area contributed by atoms with Gasteiger partial charge in [0, 0.05) is 34.4 Å². The number of nitrogen functional groups attached to an aromatic ring is 1. The van der Waals surface area contributed by atoms with Gasteiger partial charge in [-0.2, -0.15) is 0 Å². The van der Waals surface area contributed by atoms with Crippen LogP contribution in [0.25, 0.3) is 21.5 Å². The molecule has 0 spiro atoms. The van der Waals surface area contributed by atoms with E-state index in [4.69, 9.17) is 5.73 Å². The Bertz CT molecular complexity index is 1070. The molecule has 4 heterocycles. The second kappa shape index (κ2) is 6.23. The van der Waals surface area contributed by atoms with Crippen LogP contribution in [0.4, 0.5) is 10.8 Å². The van der Waals surface area contributed by atoms with Gasteiger partial charge in [0.2, 0.25) is 0 Å². The van der Waals surface area contributed by atoms with Gasteiger partial charge in [-0.15, -0.1) is 22.7 Å². The molecule has 4 aromatic heterocycles. The van der Waals surface area contributed by atoms with Crippen LogP contribution in [0.15, 0.2) is 42.0 Å². The summed E-state index contributed by atoms with van der Waals surface area (Å²) in [5, 5.41) is 6.02. The van der Waals surface area contributed by atoms with E-state index in [0.29, 0.717) is 15.7 Å². The van der Waals surface area contributed by atoms with Crippen LogP contribution in [0.1, 0.15) is 15.4 Å². The highest BCUT2D eigenvalue weighted by atomic mass is 32.1. The quantitative estimate of drug-likeness (QED) is 0.572. The van der Waals surface area contributed by atoms with E-state index in [1.807, 2.05) is 36.6 Å². The highest BCUT2D eigenvalue weighted by molar-refractivity contribution is 7.21. The third-order valence-corrected chi connectivity index (χ3v) is 5.49. The fourth-order valence-electron chi connectivity index (χ4n) is 2.39. The Morgan fingerprint density at radius 2 is 2.12 bits per heavy atom. The van der Waals surface area contributed by atoms with Crippen LogP contribution in [-0.4, -0.2) is 20.9 Å². The molecule has 0 unspecified atom stereocenters. The molecule has 25 heavy (non-hydrogen) atoms. The maximum atomic E-state index is 12.6. The largest absolute Gasteiger partial charge is 0.397 e. The molecule has 6 nitrogen and oxygen atoms in total. The second-order valence-corrected chi connectivity index (χ2v) is 7.24. The molecule has 3 N–H and O–H groups in total. The van der Waals surface area contributed by atoms with Crippen LogP contribution in [0, 0.1) is 6.92 Å². The normalized spacial score (nSPS) is 10.9. The standard InChI is InChI=1S/C17H13N5OS2/c1-9-4-5-11-13(18)14(25-16(11)20-9)15(23)22-17-21-12(8-24-17)10-3-2-6-19-7-10/h2-8H,18H2,1H3,(H,21,22,23). The molecule has 0 aromatic carbocycles. The van der Waals surface area contributed by atoms with Gasteiger partial charge in [0.25, 0.3) is 5.91 Å². The summed E-state index contributed by atoms with van der Waals surface area (Å²) in [7, 11) is 0. The first kappa shape index (κ1) is 15.7. The number of nitrogens with zero attached hydrogens (tertiary/aromatic N) is 3. The van der Waals surface area contributed by atoms with E-state index in [2.05, 4.69) is 20.3 Å². The van der Waals surface area contributed by atoms with E-state index in [9.17, 15) is 4.79 Å². The number of aryl methyl sites for hydroxylation is 1. The zero-order chi connectivity index (χ0) is 17.4. The van der Waals surface area contributed by atoms with Gasteiger partial charge in [0.15, 0.2) is 5.13 Å². The van der Waals surface area contributed by atoms with Crippen LogP contribution in [0.3, 0.4) is 0 Å². The van der Waals surface area contributed by atoms with E-state index in [1.165, 1.54) is 22.7 Å². The maximum absolute atomic E-state index is 12.6. The number of anilines is 2. The number of nitrogens with two attached hydrogens (primary N) is 1. The van der Waals surface area contributed by atoms with Crippen molar-refractivity contribution in [2.75, 3.05) is 11.1 Å². The number of carbonyl (C=O) groups excluding carboxylic acids is 1. The van der Waals surface area contributed by atoms with Gasteiger partial charge < -0.3 is 5.73 Å². The molecule has 8 heteroatoms. The van der Waals surface area contributed by atoms with E-state index in [0.717, 1.165) is 27.2 Å². The van der Waals surface area contributed by atoms with E-state index >= 15 is 0 Å². The lowest BCUT2D eigenvalue weighted by molar-refractivity contribution is 0.103. The molecule has 0 saturated heterocycles. The van der Waals surface area contributed by atoms with Crippen LogP contribution >= 0.6 is 22.7 Å². The van der Waals surface area contributed by atoms with Crippen molar-refractivity contribution < 1.29 is 4.79 Å². The number of thiophene rings is 1. The number of rotatable bonds is 3. The summed E-state index contributed by atoms with van der Waals surface area (Å²) >= 11 is 2.65. The zero-order valence-electron chi connectivity index (χ0n) is 13.2. The van der Waals surface area contributed by atoms with Crippen LogP contribution in [-0.2, 0) is 0 Å². The summed E-state index contributed by atoms with van der Waals surface area (Å²) in [6.07, 6.45) is 3.44. The van der Waals surface area contributed by atoms with E-state index in [1.54, 1.807) is 12.4 Å². The van der Waals surface area contributed by atoms with Crippen molar-refractivity contribution in [2.24, 2.45) is 0 Å². The van der Waals surface area contributed by atoms with Crippen molar-refractivity contribution in [3.63, 3.8) is 0 Å². The molecular weight excluding hydrogens is 354 g/mol. The summed E-state index contributed by atoms with van der Waals surface area (Å²) < 4.78 is 0. The van der Waals surface area contributed by atoms with Gasteiger partial charge in [-0.25, -0.2) is 9.97 Å². The summed E-state index contributed by atoms with van der Waals surface area (Å²) in [6, 6.07) is 7.55. The van der Waals surface area contributed by atoms with Crippen molar-refractivity contribution in [3.05, 3.63) is 52.6 Å². The monoisotopic (exact) mass is 367 g/mol. The van der Waals surface area contributed by atoms with Crippen molar-refractivity contribution in [1.29, 1.82) is 0 Å². The first-order chi connectivity index (χ1) is 12.1. The minimum absolute atomic E-state index is 0.273. The van der Waals surface area contributed by atoms with Crippen molar-refractivity contribution in [3.8, 4) is 11.3 Å². The third-order valence-electron chi connectivity index (χ3n) is 3.62. The molecule has 0 saturated carbocycles. The predicted octanol–water partition coefficient (Wildman–Crippen LogP) is 3.96. The molecule has 0 aliphatic heterocycles. The average Bonchev–Trinajstić information content (AvgIpc) is 3.20. The van der Waals surface area contributed by atoms with Gasteiger partial charge in [0.1, 0.15) is 9.71 Å². The average molecular weight is 367 g/mol. The molecule has 0 aliphatic carbocycles. The number of carbonyl (C=O) groups is 1. The Morgan fingerprint density at radius 1 is 1.24 bits per heavy atom. The number of hydrogen-bond donors (Lipinski definition) is 2. The van der Waals surface area contributed by atoms with Gasteiger partial charge in [-0.3, -0.25) is 15.1 Å². The number of hydrogen-bond acceptors (Lipinski definition) is 7. The van der Waals surface area contributed by atoms with Crippen molar-refractivity contribution in [1.82, 2.24) is 15.0 Å². The van der Waals surface area contributed by atoms with Crippen LogP contribution in [0.5, 0.6) is 0 Å². The van der Waals surface area contributed by atoms with Gasteiger partial charge in [0.05, 0.1) is 11.4 Å². The van der Waals surface area contributed by atoms with Gasteiger partial charge >= 0.3 is 0 Å². The lowest BCUT2D eigenvalue weighted by Crippen LogP contribution is -2.11. The third kappa shape index (κ3) is 2.97. The Labute approximate surface area is 151 Å². The Hall–Kier alpha value is -2.84. The molecule has 0 fully saturated rings. The van der Waals surface area contributed by atoms with Gasteiger partial charge in [-0.05, 0) is 31.2 Å². The maximum Gasteiger partial charge on any atom is 0.269 e. The summed E-state index contributed by atoms with van der Waals surface area (Å²) in [4.78, 5) is 26.7.